The fourth-order valence-electron chi connectivity index (χ4n) is 4.84. The molecule has 0 saturated carbocycles. The smallest absolute Gasteiger partial charge is 0.349 e. The minimum atomic E-state index is -0.379. The van der Waals surface area contributed by atoms with Crippen molar-refractivity contribution in [3.63, 3.8) is 0 Å². The van der Waals surface area contributed by atoms with Crippen molar-refractivity contribution in [3.05, 3.63) is 46.8 Å². The summed E-state index contributed by atoms with van der Waals surface area (Å²) in [4.78, 5) is 22.0. The van der Waals surface area contributed by atoms with Crippen molar-refractivity contribution in [3.8, 4) is 17.0 Å². The van der Waals surface area contributed by atoms with E-state index in [1.807, 2.05) is 47.6 Å². The van der Waals surface area contributed by atoms with Crippen molar-refractivity contribution in [2.45, 2.75) is 79.9 Å². The van der Waals surface area contributed by atoms with Gasteiger partial charge in [0.1, 0.15) is 11.2 Å². The van der Waals surface area contributed by atoms with Gasteiger partial charge in [-0.3, -0.25) is 14.2 Å². The summed E-state index contributed by atoms with van der Waals surface area (Å²) < 4.78 is 15.4. The highest BCUT2D eigenvalue weighted by Gasteiger charge is 2.29. The lowest BCUT2D eigenvalue weighted by Gasteiger charge is -2.30. The number of nitrogens with zero attached hydrogens (tertiary/aromatic N) is 5. The molecule has 0 radical (unpaired) electrons. The zero-order valence-corrected chi connectivity index (χ0v) is 25.9. The molecule has 1 aliphatic rings. The molecule has 10 nitrogen and oxygen atoms in total. The number of phenolic OH excluding ortho intramolecular Hbond substituents is 1. The van der Waals surface area contributed by atoms with Crippen LogP contribution in [0.2, 0.25) is 0 Å². The van der Waals surface area contributed by atoms with Crippen LogP contribution in [-0.2, 0) is 11.8 Å². The number of rotatable bonds is 5. The number of aliphatic imine (C=N–C) groups is 1. The zero-order valence-electron chi connectivity index (χ0n) is 25.9. The average Bonchev–Trinajstić information content (AvgIpc) is 3.63. The van der Waals surface area contributed by atoms with Gasteiger partial charge in [0.05, 0.1) is 12.3 Å². The van der Waals surface area contributed by atoms with Crippen LogP contribution >= 0.6 is 0 Å². The fourth-order valence-corrected chi connectivity index (χ4v) is 4.84. The normalized spacial score (nSPS) is 17.0. The van der Waals surface area contributed by atoms with Gasteiger partial charge in [-0.15, -0.1) is 0 Å². The first-order valence-corrected chi connectivity index (χ1v) is 14.6. The molecule has 4 heterocycles. The van der Waals surface area contributed by atoms with Crippen LogP contribution in [0.1, 0.15) is 79.3 Å². The maximum atomic E-state index is 13.6. The first-order valence-electron chi connectivity index (χ1n) is 14.6. The lowest BCUT2D eigenvalue weighted by atomic mass is 10.00. The molecule has 0 amide bonds. The molecule has 0 spiro atoms. The van der Waals surface area contributed by atoms with Crippen LogP contribution in [0, 0.1) is 0 Å². The van der Waals surface area contributed by atoms with E-state index in [4.69, 9.17) is 14.9 Å². The molecule has 41 heavy (non-hydrogen) atoms. The number of aromatic nitrogens is 4. The Kier molecular flexibility index (Phi) is 12.8. The number of aromatic hydroxyl groups is 1. The first kappa shape index (κ1) is 33.3. The van der Waals surface area contributed by atoms with E-state index in [1.165, 1.54) is 6.20 Å². The maximum Gasteiger partial charge on any atom is 0.349 e. The number of benzene rings is 1. The molecule has 4 aromatic rings. The molecule has 1 saturated heterocycles. The van der Waals surface area contributed by atoms with Crippen LogP contribution in [0.25, 0.3) is 38.9 Å². The van der Waals surface area contributed by atoms with Gasteiger partial charge >= 0.3 is 5.69 Å². The SMILES string of the molecule is CC.CC.CC.CCC1CC(n2c(=O)nc(-c3cnn(C)c3)c3oc4c(O)cc(/C(C=NC)=C/N)cc4c32)CCO1. The second kappa shape index (κ2) is 15.8. The third-order valence-corrected chi connectivity index (χ3v) is 6.53. The van der Waals surface area contributed by atoms with E-state index >= 15 is 0 Å². The second-order valence-electron chi connectivity index (χ2n) is 8.76. The molecule has 10 heteroatoms. The van der Waals surface area contributed by atoms with Crippen molar-refractivity contribution in [1.29, 1.82) is 0 Å². The van der Waals surface area contributed by atoms with Crippen LogP contribution in [0.3, 0.4) is 0 Å². The van der Waals surface area contributed by atoms with Crippen LogP contribution < -0.4 is 11.4 Å². The van der Waals surface area contributed by atoms with Gasteiger partial charge in [0.25, 0.3) is 0 Å². The lowest BCUT2D eigenvalue weighted by molar-refractivity contribution is -0.00709. The minimum absolute atomic E-state index is 0.0587. The molecule has 1 aromatic carbocycles. The maximum absolute atomic E-state index is 13.6. The Morgan fingerprint density at radius 1 is 1.20 bits per heavy atom. The standard InChI is InChI=1S/C25H28N6O4.3C2H6/c1-4-18-9-17(5-6-34-18)31-22-19-7-14(15(10-26)11-27-2)8-20(32)23(19)35-24(22)21(29-25(31)33)16-12-28-30(3)13-16;3*1-2/h7-8,10-13,17-18,32H,4-6,9,26H2,1-3H3;3*1-2H3/b15-10+,27-11?;;;. The predicted octanol–water partition coefficient (Wildman–Crippen LogP) is 6.46. The van der Waals surface area contributed by atoms with Crippen molar-refractivity contribution in [2.24, 2.45) is 17.8 Å². The van der Waals surface area contributed by atoms with Gasteiger partial charge in [-0.25, -0.2) is 4.79 Å². The van der Waals surface area contributed by atoms with E-state index in [-0.39, 0.29) is 29.2 Å². The summed E-state index contributed by atoms with van der Waals surface area (Å²) in [5.41, 5.74) is 9.06. The summed E-state index contributed by atoms with van der Waals surface area (Å²) in [5.74, 6) is -0.0629. The molecule has 1 fully saturated rings. The fraction of sp³-hybridized carbons (Fsp3) is 0.484. The van der Waals surface area contributed by atoms with Crippen LogP contribution in [0.5, 0.6) is 5.75 Å². The first-order chi connectivity index (χ1) is 19.9. The molecule has 224 valence electrons. The number of aryl methyl sites for hydroxylation is 1. The van der Waals surface area contributed by atoms with Crippen molar-refractivity contribution in [1.82, 2.24) is 19.3 Å². The van der Waals surface area contributed by atoms with Crippen LogP contribution in [-0.4, -0.2) is 50.4 Å². The van der Waals surface area contributed by atoms with Crippen molar-refractivity contribution in [2.75, 3.05) is 13.7 Å². The number of furan rings is 1. The second-order valence-corrected chi connectivity index (χ2v) is 8.76. The van der Waals surface area contributed by atoms with Gasteiger partial charge in [0.15, 0.2) is 16.9 Å². The topological polar surface area (TPSA) is 134 Å². The highest BCUT2D eigenvalue weighted by atomic mass is 16.5. The molecule has 5 rings (SSSR count). The number of nitrogens with two attached hydrogens (primary N) is 1. The Morgan fingerprint density at radius 3 is 2.49 bits per heavy atom. The van der Waals surface area contributed by atoms with Gasteiger partial charge in [0.2, 0.25) is 0 Å². The molecule has 3 aromatic heterocycles. The summed E-state index contributed by atoms with van der Waals surface area (Å²) in [6.07, 6.45) is 8.73. The highest BCUT2D eigenvalue weighted by molar-refractivity contribution is 6.14. The van der Waals surface area contributed by atoms with Crippen molar-refractivity contribution < 1.29 is 14.3 Å². The Balaban J connectivity index is 0.000000921. The Hall–Kier alpha value is -3.92. The predicted molar refractivity (Wildman–Crippen MR) is 169 cm³/mol. The Morgan fingerprint density at radius 2 is 1.90 bits per heavy atom. The van der Waals surface area contributed by atoms with Gasteiger partial charge in [-0.05, 0) is 37.0 Å². The number of hydrogen-bond acceptors (Lipinski definition) is 8. The third kappa shape index (κ3) is 6.87. The van der Waals surface area contributed by atoms with E-state index in [0.717, 1.165) is 6.42 Å². The monoisotopic (exact) mass is 566 g/mol. The van der Waals surface area contributed by atoms with E-state index in [0.29, 0.717) is 58.3 Å². The van der Waals surface area contributed by atoms with Gasteiger partial charge in [0, 0.05) is 61.9 Å². The van der Waals surface area contributed by atoms with E-state index in [9.17, 15) is 9.90 Å². The molecule has 2 atom stereocenters. The summed E-state index contributed by atoms with van der Waals surface area (Å²) >= 11 is 0. The number of allylic oxidation sites excluding steroid dienone is 1. The molecule has 3 N–H and O–H groups in total. The molecule has 1 aliphatic heterocycles. The van der Waals surface area contributed by atoms with Gasteiger partial charge in [-0.2, -0.15) is 10.1 Å². The summed E-state index contributed by atoms with van der Waals surface area (Å²) in [5, 5.41) is 15.8. The van der Waals surface area contributed by atoms with E-state index in [1.54, 1.807) is 48.0 Å². The van der Waals surface area contributed by atoms with E-state index in [2.05, 4.69) is 22.0 Å². The van der Waals surface area contributed by atoms with E-state index < -0.39 is 0 Å². The molecule has 0 aliphatic carbocycles. The molecular weight excluding hydrogens is 520 g/mol. The van der Waals surface area contributed by atoms with Crippen molar-refractivity contribution >= 4 is 33.9 Å². The molecule has 0 bridgehead atoms. The third-order valence-electron chi connectivity index (χ3n) is 6.53. The van der Waals surface area contributed by atoms with Crippen LogP contribution in [0.4, 0.5) is 0 Å². The van der Waals surface area contributed by atoms with Gasteiger partial charge in [-0.1, -0.05) is 48.5 Å². The number of hydrogen-bond donors (Lipinski definition) is 2. The Labute approximate surface area is 242 Å². The number of ether oxygens (including phenoxy) is 1. The lowest BCUT2D eigenvalue weighted by Crippen LogP contribution is -2.34. The Bertz CT molecular complexity index is 1530. The quantitative estimate of drug-likeness (QED) is 0.265. The minimum Gasteiger partial charge on any atom is -0.504 e. The number of phenols is 1. The number of fused-ring (bicyclic) bond motifs is 3. The van der Waals surface area contributed by atoms with Crippen LogP contribution in [0.15, 0.2) is 44.9 Å². The van der Waals surface area contributed by atoms with Gasteiger partial charge < -0.3 is 20.0 Å². The summed E-state index contributed by atoms with van der Waals surface area (Å²) in [6.45, 7) is 14.6. The largest absolute Gasteiger partial charge is 0.504 e. The summed E-state index contributed by atoms with van der Waals surface area (Å²) in [7, 11) is 3.44. The highest BCUT2D eigenvalue weighted by Crippen LogP contribution is 2.41. The summed E-state index contributed by atoms with van der Waals surface area (Å²) in [6, 6.07) is 3.32. The zero-order chi connectivity index (χ0) is 30.7. The average molecular weight is 567 g/mol. The molecular formula is C31H46N6O4. The molecule has 2 unspecified atom stereocenters.